The van der Waals surface area contributed by atoms with E-state index in [0.29, 0.717) is 30.1 Å². The van der Waals surface area contributed by atoms with Crippen molar-refractivity contribution in [3.05, 3.63) is 71.7 Å². The smallest absolute Gasteiger partial charge is 0.291 e. The van der Waals surface area contributed by atoms with Crippen molar-refractivity contribution in [1.82, 2.24) is 14.5 Å². The summed E-state index contributed by atoms with van der Waals surface area (Å²) in [6.07, 6.45) is 4.44. The molecule has 1 aliphatic rings. The van der Waals surface area contributed by atoms with Crippen LogP contribution >= 0.6 is 0 Å². The first-order valence-corrected chi connectivity index (χ1v) is 8.87. The van der Waals surface area contributed by atoms with Crippen molar-refractivity contribution in [2.45, 2.75) is 26.4 Å². The second kappa shape index (κ2) is 7.11. The van der Waals surface area contributed by atoms with Gasteiger partial charge in [-0.1, -0.05) is 12.1 Å². The lowest BCUT2D eigenvalue weighted by Gasteiger charge is -2.21. The van der Waals surface area contributed by atoms with Gasteiger partial charge >= 0.3 is 0 Å². The summed E-state index contributed by atoms with van der Waals surface area (Å²) < 4.78 is 7.43. The number of hydrogen-bond acceptors (Lipinski definition) is 4. The molecule has 0 unspecified atom stereocenters. The second-order valence-corrected chi connectivity index (χ2v) is 6.57. The summed E-state index contributed by atoms with van der Waals surface area (Å²) in [5, 5.41) is 2.79. The Labute approximate surface area is 156 Å². The molecule has 0 fully saturated rings. The maximum atomic E-state index is 13.1. The molecule has 0 bridgehead atoms. The zero-order valence-electron chi connectivity index (χ0n) is 15.0. The van der Waals surface area contributed by atoms with E-state index in [2.05, 4.69) is 14.9 Å². The molecular weight excluding hydrogens is 344 g/mol. The van der Waals surface area contributed by atoms with Crippen LogP contribution in [-0.2, 0) is 13.1 Å². The molecule has 0 spiro atoms. The summed E-state index contributed by atoms with van der Waals surface area (Å²) in [5.74, 6) is 0.382. The molecule has 7 nitrogen and oxygen atoms in total. The Kier molecular flexibility index (Phi) is 4.50. The van der Waals surface area contributed by atoms with Gasteiger partial charge in [-0.05, 0) is 37.6 Å². The van der Waals surface area contributed by atoms with E-state index < -0.39 is 0 Å². The lowest BCUT2D eigenvalue weighted by Crippen LogP contribution is -2.31. The van der Waals surface area contributed by atoms with E-state index in [1.54, 1.807) is 60.7 Å². The minimum atomic E-state index is -0.378. The SMILES string of the molecule is Cc1ccc(C(=O)Nc2ccccc2C(=O)N2CCCn3cncc3C2)o1. The number of aromatic nitrogens is 2. The third kappa shape index (κ3) is 3.48. The first-order valence-electron chi connectivity index (χ1n) is 8.87. The fraction of sp³-hybridized carbons (Fsp3) is 0.250. The molecular formula is C20H20N4O3. The molecule has 0 saturated carbocycles. The van der Waals surface area contributed by atoms with Gasteiger partial charge in [0.15, 0.2) is 5.76 Å². The van der Waals surface area contributed by atoms with Crippen LogP contribution in [0.15, 0.2) is 53.3 Å². The average molecular weight is 364 g/mol. The van der Waals surface area contributed by atoms with Crippen LogP contribution in [0.25, 0.3) is 0 Å². The van der Waals surface area contributed by atoms with E-state index in [0.717, 1.165) is 18.7 Å². The quantitative estimate of drug-likeness (QED) is 0.774. The maximum absolute atomic E-state index is 13.1. The van der Waals surface area contributed by atoms with Gasteiger partial charge in [0.2, 0.25) is 0 Å². The van der Waals surface area contributed by atoms with Gasteiger partial charge in [0.05, 0.1) is 29.8 Å². The van der Waals surface area contributed by atoms with Crippen molar-refractivity contribution in [2.24, 2.45) is 0 Å². The molecule has 138 valence electrons. The van der Waals surface area contributed by atoms with E-state index in [4.69, 9.17) is 4.42 Å². The highest BCUT2D eigenvalue weighted by molar-refractivity contribution is 6.07. The van der Waals surface area contributed by atoms with Crippen molar-refractivity contribution in [3.63, 3.8) is 0 Å². The molecule has 1 aromatic carbocycles. The summed E-state index contributed by atoms with van der Waals surface area (Å²) in [5.41, 5.74) is 1.94. The number of benzene rings is 1. The Morgan fingerprint density at radius 3 is 2.81 bits per heavy atom. The molecule has 1 aliphatic heterocycles. The Hall–Kier alpha value is -3.35. The highest BCUT2D eigenvalue weighted by Crippen LogP contribution is 2.21. The number of hydrogen-bond donors (Lipinski definition) is 1. The first-order chi connectivity index (χ1) is 13.1. The zero-order chi connectivity index (χ0) is 18.8. The number of imidazole rings is 1. The van der Waals surface area contributed by atoms with Crippen LogP contribution in [0.1, 0.15) is 38.8 Å². The normalized spacial score (nSPS) is 13.7. The molecule has 0 atom stereocenters. The molecule has 0 radical (unpaired) electrons. The maximum Gasteiger partial charge on any atom is 0.291 e. The van der Waals surface area contributed by atoms with Crippen LogP contribution in [0.2, 0.25) is 0 Å². The summed E-state index contributed by atoms with van der Waals surface area (Å²) in [7, 11) is 0. The fourth-order valence-corrected chi connectivity index (χ4v) is 3.25. The lowest BCUT2D eigenvalue weighted by molar-refractivity contribution is 0.0746. The average Bonchev–Trinajstić information content (AvgIpc) is 3.25. The molecule has 0 aliphatic carbocycles. The number of nitrogens with zero attached hydrogens (tertiary/aromatic N) is 3. The monoisotopic (exact) mass is 364 g/mol. The summed E-state index contributed by atoms with van der Waals surface area (Å²) in [6, 6.07) is 10.4. The van der Waals surface area contributed by atoms with Gasteiger partial charge in [-0.15, -0.1) is 0 Å². The van der Waals surface area contributed by atoms with Crippen LogP contribution in [0.3, 0.4) is 0 Å². The molecule has 27 heavy (non-hydrogen) atoms. The van der Waals surface area contributed by atoms with Crippen LogP contribution in [0.5, 0.6) is 0 Å². The van der Waals surface area contributed by atoms with Crippen molar-refractivity contribution in [1.29, 1.82) is 0 Å². The number of amides is 2. The second-order valence-electron chi connectivity index (χ2n) is 6.57. The third-order valence-electron chi connectivity index (χ3n) is 4.64. The third-order valence-corrected chi connectivity index (χ3v) is 4.64. The molecule has 2 aromatic heterocycles. The minimum absolute atomic E-state index is 0.115. The van der Waals surface area contributed by atoms with Gasteiger partial charge in [-0.3, -0.25) is 9.59 Å². The minimum Gasteiger partial charge on any atom is -0.456 e. The van der Waals surface area contributed by atoms with Crippen molar-refractivity contribution < 1.29 is 14.0 Å². The van der Waals surface area contributed by atoms with Gasteiger partial charge in [0.25, 0.3) is 11.8 Å². The fourth-order valence-electron chi connectivity index (χ4n) is 3.25. The number of fused-ring (bicyclic) bond motifs is 1. The number of aryl methyl sites for hydroxylation is 2. The number of nitrogens with one attached hydrogen (secondary N) is 1. The largest absolute Gasteiger partial charge is 0.456 e. The Morgan fingerprint density at radius 2 is 2.00 bits per heavy atom. The molecule has 3 aromatic rings. The predicted molar refractivity (Wildman–Crippen MR) is 99.4 cm³/mol. The predicted octanol–water partition coefficient (Wildman–Crippen LogP) is 3.08. The van der Waals surface area contributed by atoms with E-state index in [-0.39, 0.29) is 17.6 Å². The summed E-state index contributed by atoms with van der Waals surface area (Å²) in [6.45, 7) is 3.77. The lowest BCUT2D eigenvalue weighted by atomic mass is 10.1. The van der Waals surface area contributed by atoms with E-state index in [9.17, 15) is 9.59 Å². The van der Waals surface area contributed by atoms with E-state index >= 15 is 0 Å². The Bertz CT molecular complexity index is 989. The van der Waals surface area contributed by atoms with E-state index in [1.807, 2.05) is 0 Å². The Morgan fingerprint density at radius 1 is 1.15 bits per heavy atom. The number of carbonyl (C=O) groups excluding carboxylic acids is 2. The molecule has 3 heterocycles. The van der Waals surface area contributed by atoms with Crippen LogP contribution in [-0.4, -0.2) is 32.8 Å². The van der Waals surface area contributed by atoms with Gasteiger partial charge in [0, 0.05) is 19.3 Å². The summed E-state index contributed by atoms with van der Waals surface area (Å²) >= 11 is 0. The van der Waals surface area contributed by atoms with Gasteiger partial charge in [0.1, 0.15) is 5.76 Å². The van der Waals surface area contributed by atoms with Gasteiger partial charge in [-0.2, -0.15) is 0 Å². The van der Waals surface area contributed by atoms with Crippen molar-refractivity contribution in [3.8, 4) is 0 Å². The number of furan rings is 1. The molecule has 4 rings (SSSR count). The molecule has 2 amide bonds. The summed E-state index contributed by atoms with van der Waals surface area (Å²) in [4.78, 5) is 31.5. The highest BCUT2D eigenvalue weighted by Gasteiger charge is 2.23. The van der Waals surface area contributed by atoms with Gasteiger partial charge in [-0.25, -0.2) is 4.98 Å². The number of rotatable bonds is 3. The molecule has 7 heteroatoms. The Balaban J connectivity index is 1.57. The number of anilines is 1. The topological polar surface area (TPSA) is 80.4 Å². The van der Waals surface area contributed by atoms with Crippen LogP contribution < -0.4 is 5.32 Å². The highest BCUT2D eigenvalue weighted by atomic mass is 16.3. The first kappa shape index (κ1) is 17.1. The van der Waals surface area contributed by atoms with E-state index in [1.165, 1.54) is 0 Å². The van der Waals surface area contributed by atoms with Crippen LogP contribution in [0, 0.1) is 6.92 Å². The molecule has 0 saturated heterocycles. The van der Waals surface area contributed by atoms with Crippen molar-refractivity contribution >= 4 is 17.5 Å². The van der Waals surface area contributed by atoms with Gasteiger partial charge < -0.3 is 19.2 Å². The van der Waals surface area contributed by atoms with Crippen molar-refractivity contribution in [2.75, 3.05) is 11.9 Å². The number of carbonyl (C=O) groups is 2. The van der Waals surface area contributed by atoms with Crippen LogP contribution in [0.4, 0.5) is 5.69 Å². The molecule has 1 N–H and O–H groups in total. The zero-order valence-corrected chi connectivity index (χ0v) is 15.0. The standard InChI is InChI=1S/C20H20N4O3/c1-14-7-8-18(27-14)19(25)22-17-6-3-2-5-16(17)20(26)23-9-4-10-24-13-21-11-15(24)12-23/h2-3,5-8,11,13H,4,9-10,12H2,1H3,(H,22,25). The number of para-hydroxylation sites is 1.